The SMILES string of the molecule is Cc1cccc(NCC(O)COCCOC(C)C)c1C. The first kappa shape index (κ1) is 17.0. The van der Waals surface area contributed by atoms with Crippen LogP contribution in [0.5, 0.6) is 0 Å². The quantitative estimate of drug-likeness (QED) is 0.683. The average Bonchev–Trinajstić information content (AvgIpc) is 2.39. The second-order valence-corrected chi connectivity index (χ2v) is 5.28. The van der Waals surface area contributed by atoms with Crippen LogP contribution in [0, 0.1) is 13.8 Å². The second kappa shape index (κ2) is 8.95. The van der Waals surface area contributed by atoms with E-state index in [9.17, 15) is 5.11 Å². The van der Waals surface area contributed by atoms with Crippen molar-refractivity contribution in [3.63, 3.8) is 0 Å². The van der Waals surface area contributed by atoms with Crippen LogP contribution < -0.4 is 5.32 Å². The number of nitrogens with one attached hydrogen (secondary N) is 1. The maximum atomic E-state index is 9.85. The van der Waals surface area contributed by atoms with E-state index in [1.807, 2.05) is 26.0 Å². The molecule has 1 unspecified atom stereocenters. The van der Waals surface area contributed by atoms with Gasteiger partial charge < -0.3 is 19.9 Å². The van der Waals surface area contributed by atoms with Crippen LogP contribution in [-0.4, -0.2) is 43.7 Å². The maximum absolute atomic E-state index is 9.85. The van der Waals surface area contributed by atoms with Gasteiger partial charge in [0.2, 0.25) is 0 Å². The first-order valence-corrected chi connectivity index (χ1v) is 7.18. The third-order valence-electron chi connectivity index (χ3n) is 3.12. The van der Waals surface area contributed by atoms with Crippen LogP contribution in [0.3, 0.4) is 0 Å². The van der Waals surface area contributed by atoms with Crippen LogP contribution >= 0.6 is 0 Å². The monoisotopic (exact) mass is 281 g/mol. The number of hydrogen-bond acceptors (Lipinski definition) is 4. The van der Waals surface area contributed by atoms with Gasteiger partial charge in [-0.1, -0.05) is 12.1 Å². The molecule has 0 amide bonds. The fourth-order valence-electron chi connectivity index (χ4n) is 1.79. The predicted octanol–water partition coefficient (Wildman–Crippen LogP) is 2.52. The number of anilines is 1. The highest BCUT2D eigenvalue weighted by Gasteiger charge is 2.06. The number of aliphatic hydroxyl groups is 1. The molecule has 0 fully saturated rings. The topological polar surface area (TPSA) is 50.7 Å². The van der Waals surface area contributed by atoms with Crippen LogP contribution in [0.2, 0.25) is 0 Å². The lowest BCUT2D eigenvalue weighted by molar-refractivity contribution is -0.00734. The van der Waals surface area contributed by atoms with Crippen molar-refractivity contribution in [3.05, 3.63) is 29.3 Å². The van der Waals surface area contributed by atoms with Crippen molar-refractivity contribution in [1.82, 2.24) is 0 Å². The van der Waals surface area contributed by atoms with Gasteiger partial charge in [-0.2, -0.15) is 0 Å². The summed E-state index contributed by atoms with van der Waals surface area (Å²) in [6.45, 7) is 10.0. The van der Waals surface area contributed by atoms with Crippen LogP contribution in [0.15, 0.2) is 18.2 Å². The van der Waals surface area contributed by atoms with Crippen molar-refractivity contribution >= 4 is 5.69 Å². The van der Waals surface area contributed by atoms with Gasteiger partial charge in [-0.15, -0.1) is 0 Å². The predicted molar refractivity (Wildman–Crippen MR) is 82.3 cm³/mol. The Morgan fingerprint density at radius 3 is 2.65 bits per heavy atom. The van der Waals surface area contributed by atoms with Gasteiger partial charge in [0.15, 0.2) is 0 Å². The van der Waals surface area contributed by atoms with Gasteiger partial charge in [0.1, 0.15) is 0 Å². The lowest BCUT2D eigenvalue weighted by Gasteiger charge is -2.16. The first-order valence-electron chi connectivity index (χ1n) is 7.18. The smallest absolute Gasteiger partial charge is 0.0945 e. The molecule has 0 aliphatic rings. The largest absolute Gasteiger partial charge is 0.389 e. The minimum Gasteiger partial charge on any atom is -0.389 e. The zero-order valence-electron chi connectivity index (χ0n) is 13.0. The van der Waals surface area contributed by atoms with E-state index in [0.29, 0.717) is 26.4 Å². The Balaban J connectivity index is 2.19. The molecule has 1 aromatic carbocycles. The highest BCUT2D eigenvalue weighted by atomic mass is 16.5. The number of rotatable bonds is 9. The van der Waals surface area contributed by atoms with Gasteiger partial charge in [-0.05, 0) is 44.9 Å². The molecule has 4 nitrogen and oxygen atoms in total. The Morgan fingerprint density at radius 1 is 1.20 bits per heavy atom. The van der Waals surface area contributed by atoms with Crippen molar-refractivity contribution in [2.75, 3.05) is 31.7 Å². The average molecular weight is 281 g/mol. The lowest BCUT2D eigenvalue weighted by atomic mass is 10.1. The van der Waals surface area contributed by atoms with E-state index in [1.54, 1.807) is 0 Å². The van der Waals surface area contributed by atoms with E-state index in [1.165, 1.54) is 11.1 Å². The molecular formula is C16H27NO3. The summed E-state index contributed by atoms with van der Waals surface area (Å²) in [6.07, 6.45) is -0.302. The molecule has 114 valence electrons. The number of ether oxygens (including phenoxy) is 2. The highest BCUT2D eigenvalue weighted by molar-refractivity contribution is 5.53. The Morgan fingerprint density at radius 2 is 1.95 bits per heavy atom. The molecule has 0 spiro atoms. The maximum Gasteiger partial charge on any atom is 0.0945 e. The summed E-state index contributed by atoms with van der Waals surface area (Å²) in [5, 5.41) is 13.1. The van der Waals surface area contributed by atoms with Crippen LogP contribution in [0.1, 0.15) is 25.0 Å². The molecule has 1 aromatic rings. The van der Waals surface area contributed by atoms with E-state index in [4.69, 9.17) is 9.47 Å². The molecule has 0 radical (unpaired) electrons. The minimum absolute atomic E-state index is 0.217. The van der Waals surface area contributed by atoms with Crippen molar-refractivity contribution in [2.45, 2.75) is 39.9 Å². The summed E-state index contributed by atoms with van der Waals surface area (Å²) < 4.78 is 10.7. The minimum atomic E-state index is -0.519. The van der Waals surface area contributed by atoms with E-state index >= 15 is 0 Å². The second-order valence-electron chi connectivity index (χ2n) is 5.28. The van der Waals surface area contributed by atoms with Gasteiger partial charge >= 0.3 is 0 Å². The molecule has 0 saturated heterocycles. The molecule has 0 aliphatic carbocycles. The van der Waals surface area contributed by atoms with Crippen LogP contribution in [-0.2, 0) is 9.47 Å². The summed E-state index contributed by atoms with van der Waals surface area (Å²) in [7, 11) is 0. The molecule has 1 rings (SSSR count). The lowest BCUT2D eigenvalue weighted by Crippen LogP contribution is -2.26. The normalized spacial score (nSPS) is 12.7. The van der Waals surface area contributed by atoms with E-state index in [2.05, 4.69) is 25.2 Å². The van der Waals surface area contributed by atoms with Gasteiger partial charge in [0.25, 0.3) is 0 Å². The molecule has 0 aliphatic heterocycles. The van der Waals surface area contributed by atoms with Crippen molar-refractivity contribution in [1.29, 1.82) is 0 Å². The molecule has 20 heavy (non-hydrogen) atoms. The van der Waals surface area contributed by atoms with Crippen LogP contribution in [0.4, 0.5) is 5.69 Å². The highest BCUT2D eigenvalue weighted by Crippen LogP contribution is 2.17. The molecule has 1 atom stereocenters. The standard InChI is InChI=1S/C16H27NO3/c1-12(2)20-9-8-19-11-15(18)10-17-16-7-5-6-13(3)14(16)4/h5-7,12,15,17-18H,8-11H2,1-4H3. The van der Waals surface area contributed by atoms with Crippen molar-refractivity contribution < 1.29 is 14.6 Å². The molecule has 0 saturated carbocycles. The molecule has 2 N–H and O–H groups in total. The first-order chi connectivity index (χ1) is 9.50. The summed E-state index contributed by atoms with van der Waals surface area (Å²) in [5.41, 5.74) is 3.52. The Hall–Kier alpha value is -1.10. The number of hydrogen-bond donors (Lipinski definition) is 2. The molecule has 0 aromatic heterocycles. The summed E-state index contributed by atoms with van der Waals surface area (Å²) in [6, 6.07) is 6.11. The van der Waals surface area contributed by atoms with E-state index in [0.717, 1.165) is 5.69 Å². The van der Waals surface area contributed by atoms with E-state index in [-0.39, 0.29) is 6.10 Å². The van der Waals surface area contributed by atoms with Gasteiger partial charge in [-0.3, -0.25) is 0 Å². The number of aliphatic hydroxyl groups excluding tert-OH is 1. The summed E-state index contributed by atoms with van der Waals surface area (Å²) in [5.74, 6) is 0. The zero-order chi connectivity index (χ0) is 15.0. The Kier molecular flexibility index (Phi) is 7.59. The third kappa shape index (κ3) is 6.37. The third-order valence-corrected chi connectivity index (χ3v) is 3.12. The van der Waals surface area contributed by atoms with Gasteiger partial charge in [0, 0.05) is 12.2 Å². The van der Waals surface area contributed by atoms with Gasteiger partial charge in [0.05, 0.1) is 32.0 Å². The number of aryl methyl sites for hydroxylation is 1. The van der Waals surface area contributed by atoms with Crippen molar-refractivity contribution in [2.24, 2.45) is 0 Å². The fraction of sp³-hybridized carbons (Fsp3) is 0.625. The number of benzene rings is 1. The Labute approximate surface area is 122 Å². The fourth-order valence-corrected chi connectivity index (χ4v) is 1.79. The van der Waals surface area contributed by atoms with E-state index < -0.39 is 6.10 Å². The summed E-state index contributed by atoms with van der Waals surface area (Å²) >= 11 is 0. The molecule has 0 bridgehead atoms. The van der Waals surface area contributed by atoms with Crippen LogP contribution in [0.25, 0.3) is 0 Å². The molecule has 4 heteroatoms. The van der Waals surface area contributed by atoms with Gasteiger partial charge in [-0.25, -0.2) is 0 Å². The summed E-state index contributed by atoms with van der Waals surface area (Å²) in [4.78, 5) is 0. The zero-order valence-corrected chi connectivity index (χ0v) is 13.0. The molecule has 0 heterocycles. The Bertz CT molecular complexity index is 393. The van der Waals surface area contributed by atoms with Crippen molar-refractivity contribution in [3.8, 4) is 0 Å². The molecular weight excluding hydrogens is 254 g/mol.